The highest BCUT2D eigenvalue weighted by molar-refractivity contribution is 6.12. The third-order valence-electron chi connectivity index (χ3n) is 7.05. The van der Waals surface area contributed by atoms with Gasteiger partial charge < -0.3 is 24.7 Å². The Bertz CT molecular complexity index is 1500. The number of Topliss-reactive ketones (excluding diaryl/α,β-unsaturated/α-hetero) is 1. The van der Waals surface area contributed by atoms with Gasteiger partial charge in [0.1, 0.15) is 11.5 Å². The number of benzene rings is 2. The van der Waals surface area contributed by atoms with Gasteiger partial charge in [0, 0.05) is 46.3 Å². The monoisotopic (exact) mass is 502 g/mol. The molecule has 0 saturated carbocycles. The molecule has 0 saturated heterocycles. The van der Waals surface area contributed by atoms with Gasteiger partial charge in [-0.3, -0.25) is 14.5 Å². The molecule has 2 aromatic carbocycles. The Morgan fingerprint density at radius 2 is 1.92 bits per heavy atom. The van der Waals surface area contributed by atoms with E-state index in [0.717, 1.165) is 21.4 Å². The van der Waals surface area contributed by atoms with Crippen molar-refractivity contribution < 1.29 is 34.1 Å². The molecule has 1 aliphatic heterocycles. The lowest BCUT2D eigenvalue weighted by atomic mass is 9.86. The summed E-state index contributed by atoms with van der Waals surface area (Å²) < 4.78 is 10.7. The molecule has 2 aliphatic rings. The van der Waals surface area contributed by atoms with Gasteiger partial charge in [-0.15, -0.1) is 0 Å². The largest absolute Gasteiger partial charge is 0.497 e. The van der Waals surface area contributed by atoms with E-state index in [1.165, 1.54) is 26.4 Å². The maximum absolute atomic E-state index is 14.0. The van der Waals surface area contributed by atoms with E-state index in [-0.39, 0.29) is 29.9 Å². The van der Waals surface area contributed by atoms with Gasteiger partial charge in [-0.1, -0.05) is 12.1 Å². The molecule has 9 nitrogen and oxygen atoms in total. The van der Waals surface area contributed by atoms with Gasteiger partial charge in [-0.2, -0.15) is 0 Å². The van der Waals surface area contributed by atoms with Gasteiger partial charge in [0.15, 0.2) is 11.3 Å². The Kier molecular flexibility index (Phi) is 6.08. The molecule has 0 spiro atoms. The number of fused-ring (bicyclic) bond motifs is 3. The number of aliphatic hydroxyl groups is 1. The van der Waals surface area contributed by atoms with Crippen LogP contribution in [0.15, 0.2) is 60.3 Å². The fourth-order valence-corrected chi connectivity index (χ4v) is 5.09. The van der Waals surface area contributed by atoms with Crippen molar-refractivity contribution in [2.45, 2.75) is 24.8 Å². The number of carboxylic acids is 1. The van der Waals surface area contributed by atoms with Crippen LogP contribution in [0.25, 0.3) is 16.6 Å². The normalized spacial score (nSPS) is 18.9. The highest BCUT2D eigenvalue weighted by Gasteiger charge is 2.50. The molecule has 0 bridgehead atoms. The number of aliphatic carboxylic acids is 1. The van der Waals surface area contributed by atoms with Crippen LogP contribution in [0.2, 0.25) is 0 Å². The second-order valence-corrected chi connectivity index (χ2v) is 9.06. The quantitative estimate of drug-likeness (QED) is 0.473. The number of carbonyl (C=O) groups is 3. The van der Waals surface area contributed by atoms with Crippen molar-refractivity contribution in [2.24, 2.45) is 0 Å². The standard InChI is InChI=1S/C28H26N2O7/c1-36-19-5-3-18(24(14-19)37-2)13-25(33)30-26-20(7-9-28(30,15-31)27(34)35)23(32)6-4-16-12-22-17(8-10-29-22)11-21(16)26/h3,5,7-12,14,29,31H,4,6,13,15H2,1-2H3,(H,34,35). The lowest BCUT2D eigenvalue weighted by molar-refractivity contribution is -0.154. The molecule has 37 heavy (non-hydrogen) atoms. The number of hydrogen-bond donors (Lipinski definition) is 3. The Labute approximate surface area is 212 Å². The minimum absolute atomic E-state index is 0.192. The van der Waals surface area contributed by atoms with Gasteiger partial charge in [0.05, 0.1) is 32.9 Å². The maximum atomic E-state index is 14.0. The number of amides is 1. The molecule has 0 fully saturated rings. The second kappa shape index (κ2) is 9.25. The summed E-state index contributed by atoms with van der Waals surface area (Å²) in [5.74, 6) is -1.29. The molecule has 1 atom stereocenters. The van der Waals surface area contributed by atoms with E-state index in [4.69, 9.17) is 9.47 Å². The molecule has 1 aromatic heterocycles. The summed E-state index contributed by atoms with van der Waals surface area (Å²) in [5.41, 5.74) is 1.11. The lowest BCUT2D eigenvalue weighted by Gasteiger charge is -2.42. The number of ether oxygens (including phenoxy) is 2. The first-order valence-electron chi connectivity index (χ1n) is 11.8. The third kappa shape index (κ3) is 3.88. The Morgan fingerprint density at radius 3 is 2.62 bits per heavy atom. The highest BCUT2D eigenvalue weighted by Crippen LogP contribution is 2.42. The molecular weight excluding hydrogens is 476 g/mol. The van der Waals surface area contributed by atoms with Crippen molar-refractivity contribution in [1.29, 1.82) is 0 Å². The Morgan fingerprint density at radius 1 is 1.11 bits per heavy atom. The molecule has 1 amide bonds. The first-order valence-corrected chi connectivity index (χ1v) is 11.8. The smallest absolute Gasteiger partial charge is 0.336 e. The molecule has 3 N–H and O–H groups in total. The first kappa shape index (κ1) is 24.3. The van der Waals surface area contributed by atoms with Gasteiger partial charge in [-0.25, -0.2) is 4.79 Å². The molecule has 1 aliphatic carbocycles. The number of allylic oxidation sites excluding steroid dienone is 2. The topological polar surface area (TPSA) is 129 Å². The van der Waals surface area contributed by atoms with E-state index >= 15 is 0 Å². The molecule has 3 aromatic rings. The zero-order valence-corrected chi connectivity index (χ0v) is 20.4. The number of aromatic nitrogens is 1. The number of aromatic amines is 1. The number of H-pyrrole nitrogens is 1. The van der Waals surface area contributed by atoms with Crippen molar-refractivity contribution in [3.05, 3.63) is 77.0 Å². The van der Waals surface area contributed by atoms with Crippen molar-refractivity contribution in [3.8, 4) is 11.5 Å². The maximum Gasteiger partial charge on any atom is 0.336 e. The SMILES string of the molecule is COc1ccc(CC(=O)N2C3=C(C=CC2(CO)C(=O)O)C(=O)CCc2cc4[nH]ccc4cc23)c(OC)c1. The molecule has 5 rings (SSSR count). The number of nitrogens with zero attached hydrogens (tertiary/aromatic N) is 1. The van der Waals surface area contributed by atoms with E-state index in [1.807, 2.05) is 18.2 Å². The van der Waals surface area contributed by atoms with Crippen LogP contribution in [0.1, 0.15) is 23.1 Å². The molecule has 2 heterocycles. The van der Waals surface area contributed by atoms with E-state index in [9.17, 15) is 24.6 Å². The summed E-state index contributed by atoms with van der Waals surface area (Å²) in [4.78, 5) is 44.1. The van der Waals surface area contributed by atoms with Crippen LogP contribution >= 0.6 is 0 Å². The van der Waals surface area contributed by atoms with Crippen molar-refractivity contribution in [2.75, 3.05) is 20.8 Å². The van der Waals surface area contributed by atoms with Gasteiger partial charge >= 0.3 is 5.97 Å². The summed E-state index contributed by atoms with van der Waals surface area (Å²) in [6.45, 7) is -0.878. The van der Waals surface area contributed by atoms with E-state index in [2.05, 4.69) is 4.98 Å². The Balaban J connectivity index is 1.71. The highest BCUT2D eigenvalue weighted by atomic mass is 16.5. The number of carbonyl (C=O) groups excluding carboxylic acids is 2. The van der Waals surface area contributed by atoms with Crippen LogP contribution in [0.4, 0.5) is 0 Å². The molecule has 9 heteroatoms. The van der Waals surface area contributed by atoms with Crippen LogP contribution < -0.4 is 9.47 Å². The average molecular weight is 503 g/mol. The number of ketones is 1. The predicted octanol–water partition coefficient (Wildman–Crippen LogP) is 2.87. The summed E-state index contributed by atoms with van der Waals surface area (Å²) in [5, 5.41) is 21.5. The minimum Gasteiger partial charge on any atom is -0.497 e. The van der Waals surface area contributed by atoms with E-state index in [1.54, 1.807) is 24.4 Å². The number of nitrogens with one attached hydrogen (secondary N) is 1. The van der Waals surface area contributed by atoms with Gasteiger partial charge in [0.2, 0.25) is 5.91 Å². The molecule has 190 valence electrons. The minimum atomic E-state index is -2.09. The van der Waals surface area contributed by atoms with Gasteiger partial charge in [0.25, 0.3) is 0 Å². The lowest BCUT2D eigenvalue weighted by Crippen LogP contribution is -2.59. The van der Waals surface area contributed by atoms with Crippen LogP contribution in [0, 0.1) is 0 Å². The number of rotatable bonds is 6. The van der Waals surface area contributed by atoms with E-state index in [0.29, 0.717) is 29.0 Å². The molecule has 0 radical (unpaired) electrons. The van der Waals surface area contributed by atoms with Crippen LogP contribution in [-0.4, -0.2) is 64.1 Å². The predicted molar refractivity (Wildman–Crippen MR) is 135 cm³/mol. The van der Waals surface area contributed by atoms with Crippen molar-refractivity contribution in [3.63, 3.8) is 0 Å². The Hall–Kier alpha value is -4.37. The van der Waals surface area contributed by atoms with Crippen molar-refractivity contribution >= 4 is 34.3 Å². The average Bonchev–Trinajstić information content (AvgIpc) is 3.32. The van der Waals surface area contributed by atoms with Crippen LogP contribution in [0.5, 0.6) is 11.5 Å². The number of hydrogen-bond acceptors (Lipinski definition) is 6. The van der Waals surface area contributed by atoms with Gasteiger partial charge in [-0.05, 0) is 42.3 Å². The first-order chi connectivity index (χ1) is 17.8. The van der Waals surface area contributed by atoms with Crippen LogP contribution in [0.3, 0.4) is 0 Å². The molecule has 1 unspecified atom stereocenters. The van der Waals surface area contributed by atoms with Crippen molar-refractivity contribution in [1.82, 2.24) is 9.88 Å². The summed E-state index contributed by atoms with van der Waals surface area (Å²) in [6.07, 6.45) is 4.85. The number of methoxy groups -OCH3 is 2. The fourth-order valence-electron chi connectivity index (χ4n) is 5.09. The third-order valence-corrected chi connectivity index (χ3v) is 7.05. The molecular formula is C28H26N2O7. The van der Waals surface area contributed by atoms with E-state index < -0.39 is 24.0 Å². The zero-order chi connectivity index (χ0) is 26.3. The zero-order valence-electron chi connectivity index (χ0n) is 20.4. The van der Waals surface area contributed by atoms with Crippen LogP contribution in [-0.2, 0) is 27.2 Å². The summed E-state index contributed by atoms with van der Waals surface area (Å²) in [6, 6.07) is 10.6. The number of aryl methyl sites for hydroxylation is 1. The number of carboxylic acid groups (broad SMARTS) is 1. The fraction of sp³-hybridized carbons (Fsp3) is 0.250. The summed E-state index contributed by atoms with van der Waals surface area (Å²) in [7, 11) is 2.97. The summed E-state index contributed by atoms with van der Waals surface area (Å²) >= 11 is 0. The second-order valence-electron chi connectivity index (χ2n) is 9.06. The number of aliphatic hydroxyl groups excluding tert-OH is 1.